The Balaban J connectivity index is 1.27. The zero-order chi connectivity index (χ0) is 35.4. The van der Waals surface area contributed by atoms with E-state index in [4.69, 9.17) is 14.2 Å². The van der Waals surface area contributed by atoms with E-state index in [-0.39, 0.29) is 31.3 Å². The van der Waals surface area contributed by atoms with Crippen LogP contribution in [0.5, 0.6) is 0 Å². The van der Waals surface area contributed by atoms with Crippen molar-refractivity contribution in [3.8, 4) is 11.1 Å². The number of alkyl carbamates (subject to hydrolysis) is 1. The number of nitrogens with one attached hydrogen (secondary N) is 1. The number of benzene rings is 5. The van der Waals surface area contributed by atoms with Gasteiger partial charge in [-0.2, -0.15) is 0 Å². The zero-order valence-corrected chi connectivity index (χ0v) is 29.1. The molecule has 1 fully saturated rings. The number of aliphatic hydroxyl groups is 1. The van der Waals surface area contributed by atoms with Crippen molar-refractivity contribution in [1.29, 1.82) is 0 Å². The molecule has 0 saturated carbocycles. The molecule has 51 heavy (non-hydrogen) atoms. The quantitative estimate of drug-likeness (QED) is 0.114. The first-order valence-corrected chi connectivity index (χ1v) is 17.5. The molecule has 0 unspecified atom stereocenters. The number of carbonyl (C=O) groups is 1. The van der Waals surface area contributed by atoms with Crippen LogP contribution < -0.4 is 5.32 Å². The lowest BCUT2D eigenvalue weighted by atomic mass is 9.89. The smallest absolute Gasteiger partial charge is 0.407 e. The van der Waals surface area contributed by atoms with Gasteiger partial charge in [0.25, 0.3) is 0 Å². The second kappa shape index (κ2) is 17.7. The molecular formula is C44H46N2O5. The van der Waals surface area contributed by atoms with Crippen molar-refractivity contribution in [3.05, 3.63) is 179 Å². The van der Waals surface area contributed by atoms with Crippen LogP contribution in [0.1, 0.15) is 52.7 Å². The molecule has 2 N–H and O–H groups in total. The van der Waals surface area contributed by atoms with Gasteiger partial charge in [-0.05, 0) is 51.1 Å². The van der Waals surface area contributed by atoms with E-state index < -0.39 is 12.4 Å². The van der Waals surface area contributed by atoms with Crippen LogP contribution in [-0.2, 0) is 40.5 Å². The van der Waals surface area contributed by atoms with E-state index in [1.165, 1.54) is 17.2 Å². The Kier molecular flexibility index (Phi) is 12.4. The molecule has 1 saturated heterocycles. The summed E-state index contributed by atoms with van der Waals surface area (Å²) >= 11 is 0. The molecule has 5 aromatic carbocycles. The first-order valence-electron chi connectivity index (χ1n) is 17.5. The van der Waals surface area contributed by atoms with Crippen LogP contribution in [0.3, 0.4) is 0 Å². The second-order valence-corrected chi connectivity index (χ2v) is 13.0. The average Bonchev–Trinajstić information content (AvgIpc) is 3.18. The summed E-state index contributed by atoms with van der Waals surface area (Å²) in [6.07, 6.45) is 0.0854. The molecule has 0 aromatic heterocycles. The maximum atomic E-state index is 12.0. The summed E-state index contributed by atoms with van der Waals surface area (Å²) in [5, 5.41) is 12.5. The highest BCUT2D eigenvalue weighted by atomic mass is 16.7. The molecule has 7 nitrogen and oxygen atoms in total. The fourth-order valence-corrected chi connectivity index (χ4v) is 6.54. The predicted molar refractivity (Wildman–Crippen MR) is 200 cm³/mol. The number of hydrogen-bond donors (Lipinski definition) is 2. The fraction of sp³-hybridized carbons (Fsp3) is 0.250. The molecule has 4 atom stereocenters. The van der Waals surface area contributed by atoms with Crippen molar-refractivity contribution in [2.24, 2.45) is 5.92 Å². The molecule has 7 heteroatoms. The standard InChI is InChI=1S/C44H46N2O5/c1-3-24-49-44(48)45-27-36-16-10-17-38(25-36)39-18-11-19-40(26-39)43-50-41(32(2)42(51-43)37-22-20-35(31-47)21-23-37)30-46(28-33-12-6-4-7-13-33)29-34-14-8-5-9-15-34/h3-23,25-26,32,41-43,47H,1,24,27-31H2,2H3,(H,45,48)/t32-,41+,42+,43+/m1/s1. The highest BCUT2D eigenvalue weighted by Gasteiger charge is 2.39. The Morgan fingerprint density at radius 3 is 2.04 bits per heavy atom. The highest BCUT2D eigenvalue weighted by Crippen LogP contribution is 2.42. The molecule has 6 rings (SSSR count). The van der Waals surface area contributed by atoms with E-state index in [0.717, 1.165) is 46.5 Å². The molecule has 0 aliphatic carbocycles. The van der Waals surface area contributed by atoms with Crippen LogP contribution >= 0.6 is 0 Å². The van der Waals surface area contributed by atoms with Gasteiger partial charge in [0.2, 0.25) is 0 Å². The fourth-order valence-electron chi connectivity index (χ4n) is 6.54. The summed E-state index contributed by atoms with van der Waals surface area (Å²) in [7, 11) is 0. The van der Waals surface area contributed by atoms with Crippen molar-refractivity contribution in [3.63, 3.8) is 0 Å². The van der Waals surface area contributed by atoms with Gasteiger partial charge in [0.15, 0.2) is 6.29 Å². The number of hydrogen-bond acceptors (Lipinski definition) is 6. The van der Waals surface area contributed by atoms with Gasteiger partial charge >= 0.3 is 6.09 Å². The third-order valence-corrected chi connectivity index (χ3v) is 9.25. The van der Waals surface area contributed by atoms with E-state index in [1.807, 2.05) is 30.3 Å². The van der Waals surface area contributed by atoms with E-state index in [1.54, 1.807) is 0 Å². The second-order valence-electron chi connectivity index (χ2n) is 13.0. The third kappa shape index (κ3) is 9.81. The van der Waals surface area contributed by atoms with Crippen molar-refractivity contribution in [2.75, 3.05) is 13.2 Å². The van der Waals surface area contributed by atoms with Crippen LogP contribution in [0.15, 0.2) is 146 Å². The van der Waals surface area contributed by atoms with Crippen LogP contribution in [0.2, 0.25) is 0 Å². The van der Waals surface area contributed by atoms with Gasteiger partial charge in [-0.15, -0.1) is 0 Å². The maximum absolute atomic E-state index is 12.0. The van der Waals surface area contributed by atoms with Gasteiger partial charge in [-0.1, -0.05) is 141 Å². The predicted octanol–water partition coefficient (Wildman–Crippen LogP) is 8.75. The lowest BCUT2D eigenvalue weighted by Gasteiger charge is -2.43. The zero-order valence-electron chi connectivity index (χ0n) is 29.1. The molecule has 1 aliphatic rings. The Bertz CT molecular complexity index is 1810. The Morgan fingerprint density at radius 2 is 1.39 bits per heavy atom. The lowest BCUT2D eigenvalue weighted by molar-refractivity contribution is -0.276. The number of carbonyl (C=O) groups excluding carboxylic acids is 1. The van der Waals surface area contributed by atoms with E-state index in [9.17, 15) is 9.90 Å². The van der Waals surface area contributed by atoms with E-state index in [2.05, 4.69) is 127 Å². The highest BCUT2D eigenvalue weighted by molar-refractivity contribution is 5.68. The van der Waals surface area contributed by atoms with E-state index in [0.29, 0.717) is 13.1 Å². The lowest BCUT2D eigenvalue weighted by Crippen LogP contribution is -2.44. The molecule has 0 spiro atoms. The normalized spacial score (nSPS) is 18.6. The summed E-state index contributed by atoms with van der Waals surface area (Å²) in [4.78, 5) is 14.4. The van der Waals surface area contributed by atoms with Crippen LogP contribution in [0.4, 0.5) is 4.79 Å². The molecule has 1 heterocycles. The first-order chi connectivity index (χ1) is 25.0. The SMILES string of the molecule is C=CCOC(=O)NCc1cccc(-c2cccc([C@H]3O[C@@H](CN(Cc4ccccc4)Cc4ccccc4)[C@@H](C)[C@@H](c4ccc(CO)cc4)O3)c2)c1. The summed E-state index contributed by atoms with van der Waals surface area (Å²) in [6.45, 7) is 8.57. The Morgan fingerprint density at radius 1 is 0.765 bits per heavy atom. The van der Waals surface area contributed by atoms with Gasteiger partial charge in [0.1, 0.15) is 6.61 Å². The van der Waals surface area contributed by atoms with Gasteiger partial charge in [-0.25, -0.2) is 4.79 Å². The number of rotatable bonds is 14. The van der Waals surface area contributed by atoms with Crippen LogP contribution in [0.25, 0.3) is 11.1 Å². The van der Waals surface area contributed by atoms with Gasteiger partial charge in [0.05, 0.1) is 18.8 Å². The Labute approximate surface area is 301 Å². The monoisotopic (exact) mass is 682 g/mol. The van der Waals surface area contributed by atoms with Crippen molar-refractivity contribution in [2.45, 2.75) is 51.7 Å². The van der Waals surface area contributed by atoms with E-state index >= 15 is 0 Å². The minimum atomic E-state index is -0.603. The topological polar surface area (TPSA) is 80.3 Å². The minimum Gasteiger partial charge on any atom is -0.445 e. The van der Waals surface area contributed by atoms with Gasteiger partial charge < -0.3 is 24.6 Å². The number of amides is 1. The Hall–Kier alpha value is -5.05. The number of aliphatic hydroxyl groups excluding tert-OH is 1. The molecule has 0 radical (unpaired) electrons. The summed E-state index contributed by atoms with van der Waals surface area (Å²) in [5.74, 6) is 0.0424. The average molecular weight is 683 g/mol. The first kappa shape index (κ1) is 35.8. The maximum Gasteiger partial charge on any atom is 0.407 e. The largest absolute Gasteiger partial charge is 0.445 e. The summed E-state index contributed by atoms with van der Waals surface area (Å²) in [5.41, 5.74) is 8.33. The van der Waals surface area contributed by atoms with Gasteiger partial charge in [-0.3, -0.25) is 4.90 Å². The van der Waals surface area contributed by atoms with Crippen molar-refractivity contribution >= 4 is 6.09 Å². The van der Waals surface area contributed by atoms with Crippen LogP contribution in [-0.4, -0.2) is 35.4 Å². The van der Waals surface area contributed by atoms with Crippen LogP contribution in [0, 0.1) is 5.92 Å². The molecule has 5 aromatic rings. The minimum absolute atomic E-state index is 0.00684. The van der Waals surface area contributed by atoms with Gasteiger partial charge in [0, 0.05) is 37.7 Å². The number of ether oxygens (including phenoxy) is 3. The van der Waals surface area contributed by atoms with Crippen molar-refractivity contribution in [1.82, 2.24) is 10.2 Å². The summed E-state index contributed by atoms with van der Waals surface area (Å²) < 4.78 is 18.8. The molecular weight excluding hydrogens is 636 g/mol. The molecule has 1 aliphatic heterocycles. The molecule has 1 amide bonds. The van der Waals surface area contributed by atoms with Crippen molar-refractivity contribution < 1.29 is 24.1 Å². The third-order valence-electron chi connectivity index (χ3n) is 9.25. The molecule has 0 bridgehead atoms. The number of nitrogens with zero attached hydrogens (tertiary/aromatic N) is 1. The summed E-state index contributed by atoms with van der Waals surface area (Å²) in [6, 6.07) is 45.5. The molecule has 262 valence electrons.